The van der Waals surface area contributed by atoms with E-state index in [1.165, 1.54) is 12.4 Å². The molecule has 2 aromatic rings. The second-order valence-electron chi connectivity index (χ2n) is 6.14. The zero-order chi connectivity index (χ0) is 16.5. The van der Waals surface area contributed by atoms with Crippen molar-refractivity contribution >= 4 is 11.8 Å². The van der Waals surface area contributed by atoms with E-state index in [-0.39, 0.29) is 23.9 Å². The van der Waals surface area contributed by atoms with Gasteiger partial charge in [-0.05, 0) is 24.1 Å². The summed E-state index contributed by atoms with van der Waals surface area (Å²) in [5.41, 5.74) is 1.53. The van der Waals surface area contributed by atoms with Crippen LogP contribution in [0.5, 0.6) is 0 Å². The maximum atomic E-state index is 12.7. The molecule has 2 amide bonds. The van der Waals surface area contributed by atoms with Crippen LogP contribution in [0.2, 0.25) is 0 Å². The maximum Gasteiger partial charge on any atom is 0.255 e. The van der Waals surface area contributed by atoms with Gasteiger partial charge in [-0.2, -0.15) is 10.2 Å². The molecular weight excluding hydrogens is 306 g/mol. The lowest BCUT2D eigenvalue weighted by atomic mass is 10.1. The highest BCUT2D eigenvalue weighted by molar-refractivity contribution is 5.95. The molecule has 0 spiro atoms. The smallest absolute Gasteiger partial charge is 0.255 e. The summed E-state index contributed by atoms with van der Waals surface area (Å²) in [6, 6.07) is 5.51. The van der Waals surface area contributed by atoms with Crippen LogP contribution in [0.4, 0.5) is 0 Å². The first kappa shape index (κ1) is 14.7. The third-order valence-corrected chi connectivity index (χ3v) is 4.78. The Morgan fingerprint density at radius 2 is 2.08 bits per heavy atom. The van der Waals surface area contributed by atoms with Crippen LogP contribution in [0.25, 0.3) is 0 Å². The Labute approximate surface area is 139 Å². The number of fused-ring (bicyclic) bond motifs is 1. The third-order valence-electron chi connectivity index (χ3n) is 4.78. The monoisotopic (exact) mass is 323 g/mol. The molecule has 0 aliphatic carbocycles. The number of nitrogens with zero attached hydrogens (tertiary/aromatic N) is 5. The molecule has 7 nitrogen and oxygen atoms in total. The van der Waals surface area contributed by atoms with Crippen LogP contribution < -0.4 is 0 Å². The highest BCUT2D eigenvalue weighted by atomic mass is 16.2. The highest BCUT2D eigenvalue weighted by Gasteiger charge is 2.48. The Hall–Kier alpha value is -2.83. The molecule has 0 radical (unpaired) electrons. The van der Waals surface area contributed by atoms with Gasteiger partial charge in [0.25, 0.3) is 5.91 Å². The van der Waals surface area contributed by atoms with Gasteiger partial charge in [0.15, 0.2) is 0 Å². The molecule has 0 bridgehead atoms. The molecule has 0 saturated carbocycles. The van der Waals surface area contributed by atoms with Gasteiger partial charge >= 0.3 is 0 Å². The van der Waals surface area contributed by atoms with E-state index in [2.05, 4.69) is 15.2 Å². The Kier molecular flexibility index (Phi) is 3.68. The van der Waals surface area contributed by atoms with Crippen LogP contribution >= 0.6 is 0 Å². The highest BCUT2D eigenvalue weighted by Crippen LogP contribution is 2.34. The van der Waals surface area contributed by atoms with Crippen LogP contribution in [-0.4, -0.2) is 55.4 Å². The molecule has 2 atom stereocenters. The third kappa shape index (κ3) is 2.51. The standard InChI is InChI=1S/C17H17N5O2/c23-16-8-15-14(22(16)11-12-2-1-5-18-9-12)4-7-21(15)17(24)13-3-6-19-20-10-13/h1-3,5-6,9-10,14-15H,4,7-8,11H2/t14-,15-/m0/s1. The van der Waals surface area contributed by atoms with Gasteiger partial charge in [0, 0.05) is 31.9 Å². The lowest BCUT2D eigenvalue weighted by Crippen LogP contribution is -2.39. The lowest BCUT2D eigenvalue weighted by molar-refractivity contribution is -0.129. The first-order chi connectivity index (χ1) is 11.7. The van der Waals surface area contributed by atoms with Gasteiger partial charge in [-0.3, -0.25) is 14.6 Å². The molecule has 2 aliphatic rings. The summed E-state index contributed by atoms with van der Waals surface area (Å²) in [6.45, 7) is 1.21. The normalized spacial score (nSPS) is 22.8. The van der Waals surface area contributed by atoms with Crippen LogP contribution in [0.3, 0.4) is 0 Å². The van der Waals surface area contributed by atoms with Crippen LogP contribution in [-0.2, 0) is 11.3 Å². The molecular formula is C17H17N5O2. The zero-order valence-corrected chi connectivity index (χ0v) is 13.1. The van der Waals surface area contributed by atoms with Crippen LogP contribution in [0, 0.1) is 0 Å². The second-order valence-corrected chi connectivity index (χ2v) is 6.14. The van der Waals surface area contributed by atoms with Crippen molar-refractivity contribution < 1.29 is 9.59 Å². The largest absolute Gasteiger partial charge is 0.333 e. The molecule has 0 unspecified atom stereocenters. The number of hydrogen-bond acceptors (Lipinski definition) is 5. The molecule has 2 fully saturated rings. The van der Waals surface area contributed by atoms with Crippen molar-refractivity contribution in [3.63, 3.8) is 0 Å². The van der Waals surface area contributed by atoms with Crippen molar-refractivity contribution in [2.75, 3.05) is 6.54 Å². The summed E-state index contributed by atoms with van der Waals surface area (Å²) in [6.07, 6.45) is 7.67. The summed E-state index contributed by atoms with van der Waals surface area (Å²) in [7, 11) is 0. The van der Waals surface area contributed by atoms with Gasteiger partial charge in [0.1, 0.15) is 0 Å². The van der Waals surface area contributed by atoms with Gasteiger partial charge in [-0.1, -0.05) is 6.07 Å². The number of pyridine rings is 1. The van der Waals surface area contributed by atoms with Gasteiger partial charge in [0.2, 0.25) is 5.91 Å². The fraction of sp³-hybridized carbons (Fsp3) is 0.353. The Morgan fingerprint density at radius 3 is 2.83 bits per heavy atom. The van der Waals surface area contributed by atoms with Crippen molar-refractivity contribution in [3.8, 4) is 0 Å². The molecule has 2 saturated heterocycles. The quantitative estimate of drug-likeness (QED) is 0.838. The predicted molar refractivity (Wildman–Crippen MR) is 84.7 cm³/mol. The van der Waals surface area contributed by atoms with E-state index in [1.54, 1.807) is 18.5 Å². The summed E-state index contributed by atoms with van der Waals surface area (Å²) in [5, 5.41) is 7.47. The summed E-state index contributed by atoms with van der Waals surface area (Å²) >= 11 is 0. The Bertz CT molecular complexity index is 752. The molecule has 2 aromatic heterocycles. The molecule has 4 rings (SSSR count). The first-order valence-corrected chi connectivity index (χ1v) is 8.00. The van der Waals surface area contributed by atoms with Crippen LogP contribution in [0.15, 0.2) is 43.0 Å². The number of rotatable bonds is 3. The average molecular weight is 323 g/mol. The Balaban J connectivity index is 1.52. The summed E-state index contributed by atoms with van der Waals surface area (Å²) in [4.78, 5) is 32.9. The summed E-state index contributed by atoms with van der Waals surface area (Å²) in [5.74, 6) is 0.0210. The maximum absolute atomic E-state index is 12.7. The van der Waals surface area contributed by atoms with Gasteiger partial charge in [-0.25, -0.2) is 0 Å². The van der Waals surface area contributed by atoms with Gasteiger partial charge < -0.3 is 9.80 Å². The van der Waals surface area contributed by atoms with E-state index in [4.69, 9.17) is 0 Å². The van der Waals surface area contributed by atoms with E-state index in [0.717, 1.165) is 12.0 Å². The zero-order valence-electron chi connectivity index (χ0n) is 13.1. The number of carbonyl (C=O) groups is 2. The SMILES string of the molecule is O=C1C[C@H]2[C@H](CCN2C(=O)c2ccnnc2)N1Cc1cccnc1. The number of amides is 2. The van der Waals surface area contributed by atoms with E-state index >= 15 is 0 Å². The van der Waals surface area contributed by atoms with E-state index in [1.807, 2.05) is 21.9 Å². The Morgan fingerprint density at radius 1 is 1.17 bits per heavy atom. The molecule has 4 heterocycles. The molecule has 0 N–H and O–H groups in total. The number of hydrogen-bond donors (Lipinski definition) is 0. The minimum Gasteiger partial charge on any atom is -0.333 e. The van der Waals surface area contributed by atoms with Crippen molar-refractivity contribution in [2.45, 2.75) is 31.5 Å². The summed E-state index contributed by atoms with van der Waals surface area (Å²) < 4.78 is 0. The van der Waals surface area contributed by atoms with Crippen LogP contribution in [0.1, 0.15) is 28.8 Å². The molecule has 122 valence electrons. The lowest BCUT2D eigenvalue weighted by Gasteiger charge is -2.25. The van der Waals surface area contributed by atoms with E-state index < -0.39 is 0 Å². The number of likely N-dealkylation sites (tertiary alicyclic amines) is 2. The molecule has 2 aliphatic heterocycles. The predicted octanol–water partition coefficient (Wildman–Crippen LogP) is 0.887. The number of aromatic nitrogens is 3. The molecule has 24 heavy (non-hydrogen) atoms. The van der Waals surface area contributed by atoms with Crippen molar-refractivity contribution in [1.29, 1.82) is 0 Å². The van der Waals surface area contributed by atoms with Crippen molar-refractivity contribution in [3.05, 3.63) is 54.1 Å². The topological polar surface area (TPSA) is 79.3 Å². The average Bonchev–Trinajstić information content (AvgIpc) is 3.16. The number of carbonyl (C=O) groups excluding carboxylic acids is 2. The fourth-order valence-corrected chi connectivity index (χ4v) is 3.66. The minimum absolute atomic E-state index is 0.0603. The van der Waals surface area contributed by atoms with Crippen molar-refractivity contribution in [2.24, 2.45) is 0 Å². The fourth-order valence-electron chi connectivity index (χ4n) is 3.66. The van der Waals surface area contributed by atoms with Gasteiger partial charge in [-0.15, -0.1) is 0 Å². The first-order valence-electron chi connectivity index (χ1n) is 8.00. The van der Waals surface area contributed by atoms with E-state index in [9.17, 15) is 9.59 Å². The van der Waals surface area contributed by atoms with E-state index in [0.29, 0.717) is 25.1 Å². The molecule has 0 aromatic carbocycles. The van der Waals surface area contributed by atoms with Gasteiger partial charge in [0.05, 0.1) is 30.0 Å². The van der Waals surface area contributed by atoms with Crippen molar-refractivity contribution in [1.82, 2.24) is 25.0 Å². The minimum atomic E-state index is -0.0755. The second kappa shape index (κ2) is 5.99. The molecule has 7 heteroatoms.